The van der Waals surface area contributed by atoms with Crippen molar-refractivity contribution in [3.63, 3.8) is 0 Å². The maximum Gasteiger partial charge on any atom is 0.302 e. The smallest absolute Gasteiger partial charge is 0.302 e. The number of nitrogens with zero attached hydrogens (tertiary/aromatic N) is 1. The molecule has 0 amide bonds. The second-order valence-electron chi connectivity index (χ2n) is 3.56. The first-order chi connectivity index (χ1) is 7.63. The summed E-state index contributed by atoms with van der Waals surface area (Å²) in [5, 5.41) is 0. The number of carbonyl (C=O) groups excluding carboxylic acids is 1. The second kappa shape index (κ2) is 5.95. The van der Waals surface area contributed by atoms with Crippen molar-refractivity contribution in [2.24, 2.45) is 0 Å². The van der Waals surface area contributed by atoms with Gasteiger partial charge in [0.2, 0.25) is 0 Å². The summed E-state index contributed by atoms with van der Waals surface area (Å²) in [6.45, 7) is 6.22. The Morgan fingerprint density at radius 2 is 2.06 bits per heavy atom. The Balaban J connectivity index is 2.48. The highest BCUT2D eigenvalue weighted by molar-refractivity contribution is 5.65. The lowest BCUT2D eigenvalue weighted by Crippen LogP contribution is -2.23. The lowest BCUT2D eigenvalue weighted by molar-refractivity contribution is -0.140. The van der Waals surface area contributed by atoms with Crippen LogP contribution >= 0.6 is 0 Å². The molecule has 0 aliphatic heterocycles. The number of ether oxygens (including phenoxy) is 1. The third-order valence-electron chi connectivity index (χ3n) is 2.30. The van der Waals surface area contributed by atoms with Crippen LogP contribution in [0.1, 0.15) is 12.5 Å². The minimum Gasteiger partial charge on any atom is -0.464 e. The number of benzene rings is 1. The van der Waals surface area contributed by atoms with Gasteiger partial charge in [0.25, 0.3) is 0 Å². The number of hydrogen-bond acceptors (Lipinski definition) is 3. The molecule has 16 heavy (non-hydrogen) atoms. The number of hydrogen-bond donors (Lipinski definition) is 0. The van der Waals surface area contributed by atoms with Crippen molar-refractivity contribution in [3.8, 4) is 0 Å². The van der Waals surface area contributed by atoms with Crippen LogP contribution in [0.15, 0.2) is 30.8 Å². The Hall–Kier alpha value is -1.77. The third-order valence-corrected chi connectivity index (χ3v) is 2.30. The van der Waals surface area contributed by atoms with Gasteiger partial charge in [-0.3, -0.25) is 4.79 Å². The molecule has 3 nitrogen and oxygen atoms in total. The molecule has 0 aliphatic rings. The highest BCUT2D eigenvalue weighted by Gasteiger charge is 2.01. The molecule has 1 rings (SSSR count). The van der Waals surface area contributed by atoms with Crippen LogP contribution in [-0.4, -0.2) is 26.2 Å². The average molecular weight is 219 g/mol. The van der Waals surface area contributed by atoms with E-state index in [0.717, 1.165) is 11.3 Å². The summed E-state index contributed by atoms with van der Waals surface area (Å²) < 4.78 is 4.88. The molecule has 0 unspecified atom stereocenters. The summed E-state index contributed by atoms with van der Waals surface area (Å²) in [7, 11) is 1.96. The predicted octanol–water partition coefficient (Wildman–Crippen LogP) is 2.33. The zero-order valence-corrected chi connectivity index (χ0v) is 9.77. The van der Waals surface area contributed by atoms with Crippen LogP contribution in [-0.2, 0) is 9.53 Å². The number of likely N-dealkylation sites (N-methyl/N-ethyl adjacent to an activating group) is 1. The number of anilines is 1. The van der Waals surface area contributed by atoms with Crippen LogP contribution in [0.4, 0.5) is 5.69 Å². The third kappa shape index (κ3) is 3.77. The topological polar surface area (TPSA) is 29.5 Å². The molecule has 0 saturated heterocycles. The van der Waals surface area contributed by atoms with Crippen LogP contribution in [0.3, 0.4) is 0 Å². The normalized spacial score (nSPS) is 9.62. The van der Waals surface area contributed by atoms with Gasteiger partial charge in [-0.15, -0.1) is 0 Å². The van der Waals surface area contributed by atoms with Gasteiger partial charge in [-0.2, -0.15) is 0 Å². The van der Waals surface area contributed by atoms with Crippen molar-refractivity contribution in [1.82, 2.24) is 0 Å². The SMILES string of the molecule is C=Cc1ccc(N(C)CCOC(C)=O)cc1. The molecule has 0 atom stereocenters. The molecule has 0 radical (unpaired) electrons. The largest absolute Gasteiger partial charge is 0.464 e. The summed E-state index contributed by atoms with van der Waals surface area (Å²) in [5.41, 5.74) is 2.19. The van der Waals surface area contributed by atoms with Gasteiger partial charge in [0.05, 0.1) is 6.54 Å². The summed E-state index contributed by atoms with van der Waals surface area (Å²) in [5.74, 6) is -0.240. The number of esters is 1. The van der Waals surface area contributed by atoms with E-state index in [2.05, 4.69) is 6.58 Å². The van der Waals surface area contributed by atoms with E-state index in [9.17, 15) is 4.79 Å². The quantitative estimate of drug-likeness (QED) is 0.712. The Kier molecular flexibility index (Phi) is 4.58. The lowest BCUT2D eigenvalue weighted by atomic mass is 10.2. The van der Waals surface area contributed by atoms with E-state index in [1.54, 1.807) is 0 Å². The van der Waals surface area contributed by atoms with Crippen molar-refractivity contribution in [3.05, 3.63) is 36.4 Å². The van der Waals surface area contributed by atoms with Gasteiger partial charge in [0, 0.05) is 19.7 Å². The van der Waals surface area contributed by atoms with Crippen LogP contribution < -0.4 is 4.90 Å². The molecule has 0 bridgehead atoms. The van der Waals surface area contributed by atoms with Crippen LogP contribution in [0.5, 0.6) is 0 Å². The zero-order valence-electron chi connectivity index (χ0n) is 9.77. The zero-order chi connectivity index (χ0) is 12.0. The molecule has 0 fully saturated rings. The van der Waals surface area contributed by atoms with Gasteiger partial charge in [-0.05, 0) is 17.7 Å². The molecule has 1 aromatic rings. The molecule has 86 valence electrons. The molecule has 1 aromatic carbocycles. The van der Waals surface area contributed by atoms with Gasteiger partial charge >= 0.3 is 5.97 Å². The highest BCUT2D eigenvalue weighted by Crippen LogP contribution is 2.13. The summed E-state index contributed by atoms with van der Waals surface area (Å²) >= 11 is 0. The fourth-order valence-corrected chi connectivity index (χ4v) is 1.32. The van der Waals surface area contributed by atoms with Gasteiger partial charge in [0.1, 0.15) is 6.61 Å². The Bertz CT molecular complexity index is 357. The molecular formula is C13H17NO2. The predicted molar refractivity (Wildman–Crippen MR) is 66.4 cm³/mol. The van der Waals surface area contributed by atoms with Crippen molar-refractivity contribution in [1.29, 1.82) is 0 Å². The first-order valence-corrected chi connectivity index (χ1v) is 5.20. The molecule has 3 heteroatoms. The van der Waals surface area contributed by atoms with E-state index in [-0.39, 0.29) is 5.97 Å². The van der Waals surface area contributed by atoms with Gasteiger partial charge in [-0.1, -0.05) is 24.8 Å². The van der Waals surface area contributed by atoms with Gasteiger partial charge in [-0.25, -0.2) is 0 Å². The van der Waals surface area contributed by atoms with E-state index in [1.165, 1.54) is 6.92 Å². The first-order valence-electron chi connectivity index (χ1n) is 5.20. The first kappa shape index (κ1) is 12.3. The number of carbonyl (C=O) groups is 1. The Labute approximate surface area is 96.3 Å². The molecular weight excluding hydrogens is 202 g/mol. The average Bonchev–Trinajstić information content (AvgIpc) is 2.28. The van der Waals surface area contributed by atoms with Crippen LogP contribution in [0, 0.1) is 0 Å². The monoisotopic (exact) mass is 219 g/mol. The summed E-state index contributed by atoms with van der Waals surface area (Å²) in [6, 6.07) is 8.05. The Morgan fingerprint density at radius 3 is 2.56 bits per heavy atom. The minimum absolute atomic E-state index is 0.240. The maximum absolute atomic E-state index is 10.6. The summed E-state index contributed by atoms with van der Waals surface area (Å²) in [6.07, 6.45) is 1.81. The summed E-state index contributed by atoms with van der Waals surface area (Å²) in [4.78, 5) is 12.6. The van der Waals surface area contributed by atoms with E-state index >= 15 is 0 Å². The van der Waals surface area contributed by atoms with E-state index in [4.69, 9.17) is 4.74 Å². The molecule has 0 aromatic heterocycles. The maximum atomic E-state index is 10.6. The Morgan fingerprint density at radius 1 is 1.44 bits per heavy atom. The number of rotatable bonds is 5. The van der Waals surface area contributed by atoms with Crippen molar-refractivity contribution >= 4 is 17.7 Å². The fourth-order valence-electron chi connectivity index (χ4n) is 1.32. The minimum atomic E-state index is -0.240. The molecule has 0 N–H and O–H groups in total. The van der Waals surface area contributed by atoms with Crippen LogP contribution in [0.2, 0.25) is 0 Å². The molecule has 0 heterocycles. The molecule has 0 spiro atoms. The van der Waals surface area contributed by atoms with E-state index in [1.807, 2.05) is 42.3 Å². The second-order valence-corrected chi connectivity index (χ2v) is 3.56. The van der Waals surface area contributed by atoms with E-state index < -0.39 is 0 Å². The standard InChI is InChI=1S/C13H17NO2/c1-4-12-5-7-13(8-6-12)14(3)9-10-16-11(2)15/h4-8H,1,9-10H2,2-3H3. The molecule has 0 aliphatic carbocycles. The lowest BCUT2D eigenvalue weighted by Gasteiger charge is -2.18. The highest BCUT2D eigenvalue weighted by atomic mass is 16.5. The van der Waals surface area contributed by atoms with Crippen molar-refractivity contribution in [2.45, 2.75) is 6.92 Å². The van der Waals surface area contributed by atoms with E-state index in [0.29, 0.717) is 13.2 Å². The van der Waals surface area contributed by atoms with Crippen molar-refractivity contribution in [2.75, 3.05) is 25.1 Å². The van der Waals surface area contributed by atoms with Crippen LogP contribution in [0.25, 0.3) is 6.08 Å². The van der Waals surface area contributed by atoms with Gasteiger partial charge in [0.15, 0.2) is 0 Å². The molecule has 0 saturated carbocycles. The fraction of sp³-hybridized carbons (Fsp3) is 0.308. The van der Waals surface area contributed by atoms with Crippen molar-refractivity contribution < 1.29 is 9.53 Å². The van der Waals surface area contributed by atoms with Gasteiger partial charge < -0.3 is 9.64 Å².